The van der Waals surface area contributed by atoms with Crippen LogP contribution in [-0.2, 0) is 10.2 Å². The Labute approximate surface area is 102 Å². The SMILES string of the molecule is CC(C)NS(=O)(=O)NC1CCCC1C(N)=NO. The zero-order chi connectivity index (χ0) is 13.1. The predicted octanol–water partition coefficient (Wildman–Crippen LogP) is -0.266. The van der Waals surface area contributed by atoms with Crippen molar-refractivity contribution in [2.75, 3.05) is 0 Å². The topological polar surface area (TPSA) is 117 Å². The van der Waals surface area contributed by atoms with Crippen LogP contribution in [0.1, 0.15) is 33.1 Å². The molecule has 1 rings (SSSR count). The summed E-state index contributed by atoms with van der Waals surface area (Å²) in [5.74, 6) is -0.150. The standard InChI is InChI=1S/C9H20N4O3S/c1-6(2)12-17(15,16)13-8-5-3-4-7(8)9(10)11-14/h6-8,12-14H,3-5H2,1-2H3,(H2,10,11). The van der Waals surface area contributed by atoms with Gasteiger partial charge in [0, 0.05) is 18.0 Å². The van der Waals surface area contributed by atoms with Gasteiger partial charge in [-0.3, -0.25) is 0 Å². The number of hydrogen-bond acceptors (Lipinski definition) is 4. The second-order valence-corrected chi connectivity index (χ2v) is 6.04. The Bertz CT molecular complexity index is 380. The summed E-state index contributed by atoms with van der Waals surface area (Å²) in [6, 6.07) is -0.474. The highest BCUT2D eigenvalue weighted by atomic mass is 32.2. The smallest absolute Gasteiger partial charge is 0.277 e. The maximum atomic E-state index is 11.7. The van der Waals surface area contributed by atoms with Gasteiger partial charge in [0.1, 0.15) is 5.84 Å². The lowest BCUT2D eigenvalue weighted by Gasteiger charge is -2.20. The number of hydrogen-bond donors (Lipinski definition) is 4. The second-order valence-electron chi connectivity index (χ2n) is 4.56. The largest absolute Gasteiger partial charge is 0.409 e. The molecule has 2 unspecified atom stereocenters. The second kappa shape index (κ2) is 5.65. The average Bonchev–Trinajstić information content (AvgIpc) is 2.61. The summed E-state index contributed by atoms with van der Waals surface area (Å²) in [6.45, 7) is 3.49. The van der Waals surface area contributed by atoms with Crippen LogP contribution in [-0.4, -0.2) is 31.5 Å². The highest BCUT2D eigenvalue weighted by Gasteiger charge is 2.33. The van der Waals surface area contributed by atoms with Crippen molar-refractivity contribution in [1.29, 1.82) is 0 Å². The number of nitrogens with zero attached hydrogens (tertiary/aromatic N) is 1. The molecule has 1 aliphatic rings. The third-order valence-electron chi connectivity index (χ3n) is 2.71. The van der Waals surface area contributed by atoms with Crippen molar-refractivity contribution in [1.82, 2.24) is 9.44 Å². The highest BCUT2D eigenvalue weighted by Crippen LogP contribution is 2.26. The molecule has 0 amide bonds. The van der Waals surface area contributed by atoms with E-state index >= 15 is 0 Å². The summed E-state index contributed by atoms with van der Waals surface area (Å²) in [5.41, 5.74) is 5.53. The number of oxime groups is 1. The number of nitrogens with one attached hydrogen (secondary N) is 2. The summed E-state index contributed by atoms with van der Waals surface area (Å²) in [5, 5.41) is 11.6. The molecule has 0 aromatic carbocycles. The fraction of sp³-hybridized carbons (Fsp3) is 0.889. The van der Waals surface area contributed by atoms with Gasteiger partial charge in [-0.05, 0) is 26.7 Å². The van der Waals surface area contributed by atoms with Gasteiger partial charge in [0.05, 0.1) is 0 Å². The van der Waals surface area contributed by atoms with E-state index in [1.165, 1.54) is 0 Å². The van der Waals surface area contributed by atoms with Gasteiger partial charge in [-0.15, -0.1) is 0 Å². The van der Waals surface area contributed by atoms with Crippen LogP contribution in [0.5, 0.6) is 0 Å². The van der Waals surface area contributed by atoms with Crippen molar-refractivity contribution in [3.05, 3.63) is 0 Å². The Kier molecular flexibility index (Phi) is 4.72. The molecule has 1 fully saturated rings. The molecule has 17 heavy (non-hydrogen) atoms. The Morgan fingerprint density at radius 3 is 2.65 bits per heavy atom. The van der Waals surface area contributed by atoms with Crippen molar-refractivity contribution >= 4 is 16.0 Å². The number of rotatable bonds is 5. The van der Waals surface area contributed by atoms with E-state index in [2.05, 4.69) is 14.6 Å². The van der Waals surface area contributed by atoms with Gasteiger partial charge in [-0.2, -0.15) is 17.9 Å². The summed E-state index contributed by atoms with van der Waals surface area (Å²) >= 11 is 0. The minimum absolute atomic E-state index is 0.0831. The van der Waals surface area contributed by atoms with Crippen LogP contribution in [0, 0.1) is 5.92 Å². The first kappa shape index (κ1) is 14.2. The van der Waals surface area contributed by atoms with Crippen LogP contribution in [0.3, 0.4) is 0 Å². The van der Waals surface area contributed by atoms with Crippen LogP contribution < -0.4 is 15.2 Å². The zero-order valence-corrected chi connectivity index (χ0v) is 10.9. The van der Waals surface area contributed by atoms with Crippen LogP contribution in [0.15, 0.2) is 5.16 Å². The van der Waals surface area contributed by atoms with Gasteiger partial charge < -0.3 is 10.9 Å². The minimum atomic E-state index is -3.53. The lowest BCUT2D eigenvalue weighted by Crippen LogP contribution is -2.48. The molecule has 0 aliphatic heterocycles. The number of amidine groups is 1. The van der Waals surface area contributed by atoms with E-state index in [-0.39, 0.29) is 23.8 Å². The predicted molar refractivity (Wildman–Crippen MR) is 64.9 cm³/mol. The van der Waals surface area contributed by atoms with Crippen LogP contribution in [0.2, 0.25) is 0 Å². The first-order chi connectivity index (χ1) is 7.85. The Morgan fingerprint density at radius 2 is 2.12 bits per heavy atom. The van der Waals surface area contributed by atoms with E-state index in [0.717, 1.165) is 12.8 Å². The summed E-state index contributed by atoms with van der Waals surface area (Å²) < 4.78 is 28.4. The lowest BCUT2D eigenvalue weighted by molar-refractivity contribution is 0.312. The fourth-order valence-corrected chi connectivity index (χ4v) is 3.44. The van der Waals surface area contributed by atoms with Crippen molar-refractivity contribution < 1.29 is 13.6 Å². The van der Waals surface area contributed by atoms with E-state index in [4.69, 9.17) is 10.9 Å². The van der Waals surface area contributed by atoms with Crippen molar-refractivity contribution in [2.24, 2.45) is 16.8 Å². The molecule has 8 heteroatoms. The van der Waals surface area contributed by atoms with E-state index in [1.54, 1.807) is 13.8 Å². The summed E-state index contributed by atoms with van der Waals surface area (Å²) in [7, 11) is -3.53. The molecule has 0 saturated heterocycles. The molecule has 0 spiro atoms. The molecule has 0 radical (unpaired) electrons. The molecule has 1 saturated carbocycles. The molecule has 0 heterocycles. The van der Waals surface area contributed by atoms with Gasteiger partial charge in [0.15, 0.2) is 0 Å². The maximum Gasteiger partial charge on any atom is 0.277 e. The van der Waals surface area contributed by atoms with Crippen molar-refractivity contribution in [2.45, 2.75) is 45.2 Å². The fourth-order valence-electron chi connectivity index (χ4n) is 2.07. The molecule has 2 atom stereocenters. The Hall–Kier alpha value is -0.860. The maximum absolute atomic E-state index is 11.7. The van der Waals surface area contributed by atoms with Crippen LogP contribution >= 0.6 is 0 Å². The molecule has 5 N–H and O–H groups in total. The highest BCUT2D eigenvalue weighted by molar-refractivity contribution is 7.87. The molecule has 7 nitrogen and oxygen atoms in total. The zero-order valence-electron chi connectivity index (χ0n) is 10.0. The first-order valence-electron chi connectivity index (χ1n) is 5.62. The van der Waals surface area contributed by atoms with E-state index < -0.39 is 10.2 Å². The van der Waals surface area contributed by atoms with Crippen LogP contribution in [0.25, 0.3) is 0 Å². The summed E-state index contributed by atoms with van der Waals surface area (Å²) in [4.78, 5) is 0. The van der Waals surface area contributed by atoms with Gasteiger partial charge in [0.2, 0.25) is 0 Å². The monoisotopic (exact) mass is 264 g/mol. The van der Waals surface area contributed by atoms with Gasteiger partial charge in [0.25, 0.3) is 10.2 Å². The number of nitrogens with two attached hydrogens (primary N) is 1. The Balaban J connectivity index is 2.68. The van der Waals surface area contributed by atoms with E-state index in [1.807, 2.05) is 0 Å². The van der Waals surface area contributed by atoms with Gasteiger partial charge in [-0.25, -0.2) is 0 Å². The molecule has 0 bridgehead atoms. The first-order valence-corrected chi connectivity index (χ1v) is 7.11. The molecule has 0 aromatic heterocycles. The molecular formula is C9H20N4O3S. The Morgan fingerprint density at radius 1 is 1.47 bits per heavy atom. The normalized spacial score (nSPS) is 26.6. The third kappa shape index (κ3) is 4.14. The van der Waals surface area contributed by atoms with E-state index in [9.17, 15) is 8.42 Å². The summed E-state index contributed by atoms with van der Waals surface area (Å²) in [6.07, 6.45) is 2.28. The lowest BCUT2D eigenvalue weighted by atomic mass is 10.0. The average molecular weight is 264 g/mol. The van der Waals surface area contributed by atoms with Gasteiger partial charge >= 0.3 is 0 Å². The molecular weight excluding hydrogens is 244 g/mol. The molecule has 0 aromatic rings. The van der Waals surface area contributed by atoms with Crippen LogP contribution in [0.4, 0.5) is 0 Å². The van der Waals surface area contributed by atoms with Gasteiger partial charge in [-0.1, -0.05) is 11.6 Å². The minimum Gasteiger partial charge on any atom is -0.409 e. The van der Waals surface area contributed by atoms with Crippen molar-refractivity contribution in [3.63, 3.8) is 0 Å². The molecule has 1 aliphatic carbocycles. The van der Waals surface area contributed by atoms with E-state index in [0.29, 0.717) is 6.42 Å². The third-order valence-corrected chi connectivity index (χ3v) is 4.10. The van der Waals surface area contributed by atoms with Crippen molar-refractivity contribution in [3.8, 4) is 0 Å². The molecule has 100 valence electrons. The quantitative estimate of drug-likeness (QED) is 0.237.